The van der Waals surface area contributed by atoms with Crippen molar-refractivity contribution in [1.29, 1.82) is 0 Å². The van der Waals surface area contributed by atoms with E-state index in [-0.39, 0.29) is 6.10 Å². The molecule has 1 saturated carbocycles. The molecule has 1 aromatic carbocycles. The largest absolute Gasteiger partial charge is 0.391 e. The quantitative estimate of drug-likeness (QED) is 0.321. The van der Waals surface area contributed by atoms with Crippen LogP contribution in [0.2, 0.25) is 0 Å². The van der Waals surface area contributed by atoms with Crippen LogP contribution in [0.1, 0.15) is 62.5 Å². The van der Waals surface area contributed by atoms with Crippen LogP contribution in [0.25, 0.3) is 0 Å². The number of benzene rings is 1. The highest BCUT2D eigenvalue weighted by molar-refractivity contribution is 5.52. The van der Waals surface area contributed by atoms with E-state index < -0.39 is 0 Å². The van der Waals surface area contributed by atoms with Crippen LogP contribution in [0.5, 0.6) is 0 Å². The number of nitrogen functional groups attached to an aromatic ring is 1. The summed E-state index contributed by atoms with van der Waals surface area (Å²) in [6, 6.07) is 11.1. The summed E-state index contributed by atoms with van der Waals surface area (Å²) < 4.78 is 0. The number of piperidine rings is 1. The van der Waals surface area contributed by atoms with Crippen molar-refractivity contribution in [2.75, 3.05) is 42.1 Å². The first kappa shape index (κ1) is 24.7. The monoisotopic (exact) mass is 467 g/mol. The van der Waals surface area contributed by atoms with Crippen molar-refractivity contribution in [2.24, 2.45) is 0 Å². The third-order valence-corrected chi connectivity index (χ3v) is 6.82. The maximum atomic E-state index is 9.96. The number of hydrogen-bond donors (Lipinski definition) is 5. The molecule has 2 aliphatic rings. The molecule has 1 saturated heterocycles. The second-order valence-electron chi connectivity index (χ2n) is 9.71. The molecule has 6 N–H and O–H groups in total. The topological polar surface area (TPSA) is 111 Å². The molecule has 1 aliphatic carbocycles. The maximum absolute atomic E-state index is 9.96. The van der Waals surface area contributed by atoms with Crippen molar-refractivity contribution < 1.29 is 5.11 Å². The van der Waals surface area contributed by atoms with E-state index in [1.807, 2.05) is 0 Å². The molecule has 0 radical (unpaired) electrons. The number of β-amino-alcohol motifs (C(OH)–C–C–N with tert-alkyl or cyclic N) is 1. The predicted molar refractivity (Wildman–Crippen MR) is 139 cm³/mol. The van der Waals surface area contributed by atoms with Crippen LogP contribution in [0.15, 0.2) is 30.3 Å². The minimum atomic E-state index is -0.312. The molecule has 1 atom stereocenters. The van der Waals surface area contributed by atoms with E-state index in [4.69, 9.17) is 5.73 Å². The Hall–Kier alpha value is -2.42. The number of nitrogens with one attached hydrogen (secondary N) is 3. The molecule has 186 valence electrons. The summed E-state index contributed by atoms with van der Waals surface area (Å²) in [4.78, 5) is 11.0. The van der Waals surface area contributed by atoms with Gasteiger partial charge in [0.15, 0.2) is 0 Å². The maximum Gasteiger partial charge on any atom is 0.226 e. The van der Waals surface area contributed by atoms with Gasteiger partial charge < -0.3 is 31.7 Å². The molecule has 2 heterocycles. The average molecular weight is 468 g/mol. The van der Waals surface area contributed by atoms with Gasteiger partial charge >= 0.3 is 0 Å². The Morgan fingerprint density at radius 2 is 1.71 bits per heavy atom. The van der Waals surface area contributed by atoms with Crippen LogP contribution in [0, 0.1) is 0 Å². The molecule has 0 spiro atoms. The normalized spacial score (nSPS) is 19.3. The molecule has 2 aromatic rings. The van der Waals surface area contributed by atoms with Gasteiger partial charge in [0, 0.05) is 38.3 Å². The van der Waals surface area contributed by atoms with Gasteiger partial charge in [-0.05, 0) is 56.3 Å². The lowest BCUT2D eigenvalue weighted by Crippen LogP contribution is -2.38. The van der Waals surface area contributed by atoms with E-state index in [0.717, 1.165) is 57.3 Å². The van der Waals surface area contributed by atoms with Gasteiger partial charge in [-0.3, -0.25) is 0 Å². The molecule has 2 fully saturated rings. The Labute approximate surface area is 203 Å². The van der Waals surface area contributed by atoms with E-state index >= 15 is 0 Å². The molecular formula is C26H41N7O. The fourth-order valence-electron chi connectivity index (χ4n) is 4.87. The van der Waals surface area contributed by atoms with Crippen molar-refractivity contribution >= 4 is 17.6 Å². The SMILES string of the molecule is Nc1cc(N2CCCC(O)C2)nc(NCc2ccc(CNCCCNC3CCCCC3)cc2)n1. The van der Waals surface area contributed by atoms with Crippen molar-refractivity contribution in [2.45, 2.75) is 76.6 Å². The van der Waals surface area contributed by atoms with Crippen molar-refractivity contribution in [3.05, 3.63) is 41.5 Å². The zero-order valence-corrected chi connectivity index (χ0v) is 20.3. The van der Waals surface area contributed by atoms with Crippen LogP contribution in [-0.4, -0.2) is 53.4 Å². The van der Waals surface area contributed by atoms with Crippen LogP contribution < -0.4 is 26.6 Å². The van der Waals surface area contributed by atoms with Gasteiger partial charge in [0.2, 0.25) is 5.95 Å². The van der Waals surface area contributed by atoms with E-state index in [1.165, 1.54) is 43.2 Å². The van der Waals surface area contributed by atoms with E-state index in [2.05, 4.69) is 55.1 Å². The number of rotatable bonds is 11. The third-order valence-electron chi connectivity index (χ3n) is 6.82. The highest BCUT2D eigenvalue weighted by Crippen LogP contribution is 2.21. The third kappa shape index (κ3) is 7.82. The average Bonchev–Trinajstić information content (AvgIpc) is 2.86. The van der Waals surface area contributed by atoms with Crippen molar-refractivity contribution in [3.8, 4) is 0 Å². The van der Waals surface area contributed by atoms with Crippen LogP contribution >= 0.6 is 0 Å². The molecule has 8 heteroatoms. The van der Waals surface area contributed by atoms with Gasteiger partial charge in [-0.1, -0.05) is 43.5 Å². The van der Waals surface area contributed by atoms with Crippen LogP contribution in [-0.2, 0) is 13.1 Å². The number of aromatic nitrogens is 2. The lowest BCUT2D eigenvalue weighted by Gasteiger charge is -2.31. The zero-order chi connectivity index (χ0) is 23.6. The Balaban J connectivity index is 1.17. The van der Waals surface area contributed by atoms with Gasteiger partial charge in [0.25, 0.3) is 0 Å². The highest BCUT2D eigenvalue weighted by atomic mass is 16.3. The number of nitrogens with two attached hydrogens (primary N) is 1. The Kier molecular flexibility index (Phi) is 9.35. The minimum absolute atomic E-state index is 0.312. The lowest BCUT2D eigenvalue weighted by molar-refractivity contribution is 0.154. The Morgan fingerprint density at radius 3 is 2.47 bits per heavy atom. The first-order valence-electron chi connectivity index (χ1n) is 13.0. The summed E-state index contributed by atoms with van der Waals surface area (Å²) in [5.41, 5.74) is 8.47. The minimum Gasteiger partial charge on any atom is -0.391 e. The second-order valence-corrected chi connectivity index (χ2v) is 9.71. The molecule has 1 aromatic heterocycles. The Morgan fingerprint density at radius 1 is 0.941 bits per heavy atom. The van der Waals surface area contributed by atoms with Gasteiger partial charge in [-0.25, -0.2) is 0 Å². The van der Waals surface area contributed by atoms with Gasteiger partial charge in [-0.15, -0.1) is 0 Å². The summed E-state index contributed by atoms with van der Waals surface area (Å²) >= 11 is 0. The molecule has 4 rings (SSSR count). The van der Waals surface area contributed by atoms with Gasteiger partial charge in [0.1, 0.15) is 11.6 Å². The van der Waals surface area contributed by atoms with Crippen molar-refractivity contribution in [1.82, 2.24) is 20.6 Å². The summed E-state index contributed by atoms with van der Waals surface area (Å²) in [6.45, 7) is 5.12. The predicted octanol–water partition coefficient (Wildman–Crippen LogP) is 3.03. The lowest BCUT2D eigenvalue weighted by atomic mass is 9.95. The smallest absolute Gasteiger partial charge is 0.226 e. The molecular weight excluding hydrogens is 426 g/mol. The van der Waals surface area contributed by atoms with Crippen molar-refractivity contribution in [3.63, 3.8) is 0 Å². The molecule has 1 unspecified atom stereocenters. The fraction of sp³-hybridized carbons (Fsp3) is 0.615. The van der Waals surface area contributed by atoms with Crippen LogP contribution in [0.4, 0.5) is 17.6 Å². The first-order valence-corrected chi connectivity index (χ1v) is 13.0. The molecule has 0 bridgehead atoms. The Bertz CT molecular complexity index is 870. The first-order chi connectivity index (χ1) is 16.7. The standard InChI is InChI=1S/C26H41N7O/c27-24-16-25(33-15-4-8-23(34)19-33)32-26(31-24)30-18-21-11-9-20(10-12-21)17-28-13-5-14-29-22-6-2-1-3-7-22/h9-12,16,22-23,28-29,34H,1-8,13-15,17-19H2,(H3,27,30,31,32). The number of aliphatic hydroxyl groups is 1. The van der Waals surface area contributed by atoms with E-state index in [0.29, 0.717) is 24.9 Å². The summed E-state index contributed by atoms with van der Waals surface area (Å²) in [7, 11) is 0. The summed E-state index contributed by atoms with van der Waals surface area (Å²) in [5.74, 6) is 1.72. The van der Waals surface area contributed by atoms with Gasteiger partial charge in [-0.2, -0.15) is 9.97 Å². The summed E-state index contributed by atoms with van der Waals surface area (Å²) in [6.07, 6.45) is 9.53. The molecule has 1 aliphatic heterocycles. The zero-order valence-electron chi connectivity index (χ0n) is 20.3. The highest BCUT2D eigenvalue weighted by Gasteiger charge is 2.20. The van der Waals surface area contributed by atoms with E-state index in [9.17, 15) is 5.11 Å². The molecule has 0 amide bonds. The number of aliphatic hydroxyl groups excluding tert-OH is 1. The number of anilines is 3. The summed E-state index contributed by atoms with van der Waals surface area (Å²) in [5, 5.41) is 20.5. The molecule has 8 nitrogen and oxygen atoms in total. The second kappa shape index (κ2) is 12.9. The number of nitrogens with zero attached hydrogens (tertiary/aromatic N) is 3. The molecule has 34 heavy (non-hydrogen) atoms. The van der Waals surface area contributed by atoms with Gasteiger partial charge in [0.05, 0.1) is 6.10 Å². The van der Waals surface area contributed by atoms with E-state index in [1.54, 1.807) is 6.07 Å². The number of hydrogen-bond acceptors (Lipinski definition) is 8. The fourth-order valence-corrected chi connectivity index (χ4v) is 4.87. The van der Waals surface area contributed by atoms with Crippen LogP contribution in [0.3, 0.4) is 0 Å².